The van der Waals surface area contributed by atoms with Crippen molar-refractivity contribution >= 4 is 11.6 Å². The summed E-state index contributed by atoms with van der Waals surface area (Å²) >= 11 is 6.29. The van der Waals surface area contributed by atoms with Crippen LogP contribution in [-0.2, 0) is 6.54 Å². The van der Waals surface area contributed by atoms with Gasteiger partial charge in [-0.3, -0.25) is 9.69 Å². The van der Waals surface area contributed by atoms with Gasteiger partial charge in [0.15, 0.2) is 0 Å². The first-order valence-corrected chi connectivity index (χ1v) is 10.8. The van der Waals surface area contributed by atoms with Crippen molar-refractivity contribution in [3.8, 4) is 5.75 Å². The van der Waals surface area contributed by atoms with Crippen molar-refractivity contribution < 1.29 is 9.52 Å². The molecule has 0 bridgehead atoms. The summed E-state index contributed by atoms with van der Waals surface area (Å²) in [5.74, 6) is 1.38. The van der Waals surface area contributed by atoms with Crippen LogP contribution in [0.25, 0.3) is 0 Å². The van der Waals surface area contributed by atoms with E-state index in [1.165, 1.54) is 0 Å². The van der Waals surface area contributed by atoms with E-state index in [1.807, 2.05) is 37.3 Å². The molecule has 3 aromatic rings. The van der Waals surface area contributed by atoms with Crippen LogP contribution >= 0.6 is 11.6 Å². The standard InChI is InChI=1S/C24H27ClN2O3/c1-16-8-10-26(11-9-16)23(18-5-3-6-19(25)14-18)22-21(28)13-17(2)27(24(22)29)15-20-7-4-12-30-20/h3-7,12-14,16,23,28H,8-11,15H2,1-2H3/t23-/m0/s1. The lowest BCUT2D eigenvalue weighted by atomic mass is 9.92. The molecule has 0 radical (unpaired) electrons. The van der Waals surface area contributed by atoms with E-state index in [2.05, 4.69) is 11.8 Å². The van der Waals surface area contributed by atoms with Gasteiger partial charge in [0.25, 0.3) is 5.56 Å². The number of nitrogens with zero attached hydrogens (tertiary/aromatic N) is 2. The van der Waals surface area contributed by atoms with Crippen LogP contribution in [0.5, 0.6) is 5.75 Å². The average molecular weight is 427 g/mol. The van der Waals surface area contributed by atoms with Crippen LogP contribution in [0.1, 0.15) is 48.4 Å². The van der Waals surface area contributed by atoms with E-state index >= 15 is 0 Å². The molecule has 3 heterocycles. The van der Waals surface area contributed by atoms with Crippen LogP contribution < -0.4 is 5.56 Å². The topological polar surface area (TPSA) is 58.6 Å². The van der Waals surface area contributed by atoms with Gasteiger partial charge in [-0.2, -0.15) is 0 Å². The number of hydrogen-bond acceptors (Lipinski definition) is 4. The van der Waals surface area contributed by atoms with Gasteiger partial charge in [0.1, 0.15) is 11.5 Å². The van der Waals surface area contributed by atoms with Crippen LogP contribution in [0.15, 0.2) is 57.9 Å². The maximum Gasteiger partial charge on any atom is 0.260 e. The molecule has 1 fully saturated rings. The molecule has 0 unspecified atom stereocenters. The molecule has 1 N–H and O–H groups in total. The van der Waals surface area contributed by atoms with Crippen molar-refractivity contribution in [2.24, 2.45) is 5.92 Å². The predicted molar refractivity (Wildman–Crippen MR) is 118 cm³/mol. The van der Waals surface area contributed by atoms with E-state index in [1.54, 1.807) is 23.0 Å². The van der Waals surface area contributed by atoms with Crippen molar-refractivity contribution in [2.75, 3.05) is 13.1 Å². The highest BCUT2D eigenvalue weighted by Crippen LogP contribution is 2.36. The minimum atomic E-state index is -0.354. The van der Waals surface area contributed by atoms with E-state index in [9.17, 15) is 9.90 Å². The van der Waals surface area contributed by atoms with Gasteiger partial charge in [-0.05, 0) is 74.7 Å². The number of rotatable bonds is 5. The molecular weight excluding hydrogens is 400 g/mol. The number of halogens is 1. The summed E-state index contributed by atoms with van der Waals surface area (Å²) in [5.41, 5.74) is 1.80. The van der Waals surface area contributed by atoms with E-state index in [0.717, 1.165) is 31.5 Å². The molecule has 1 atom stereocenters. The largest absolute Gasteiger partial charge is 0.507 e. The summed E-state index contributed by atoms with van der Waals surface area (Å²) in [4.78, 5) is 15.9. The number of benzene rings is 1. The van der Waals surface area contributed by atoms with Crippen molar-refractivity contribution in [3.05, 3.63) is 86.7 Å². The molecular formula is C24H27ClN2O3. The summed E-state index contributed by atoms with van der Waals surface area (Å²) in [6.45, 7) is 6.13. The Bertz CT molecular complexity index is 1070. The Morgan fingerprint density at radius 3 is 2.63 bits per heavy atom. The zero-order chi connectivity index (χ0) is 21.3. The Morgan fingerprint density at radius 1 is 1.20 bits per heavy atom. The molecule has 158 valence electrons. The molecule has 1 aliphatic heterocycles. The second-order valence-electron chi connectivity index (χ2n) is 8.23. The third kappa shape index (κ3) is 4.18. The van der Waals surface area contributed by atoms with Gasteiger partial charge in [0, 0.05) is 10.7 Å². The van der Waals surface area contributed by atoms with Crippen LogP contribution in [0.2, 0.25) is 5.02 Å². The normalized spacial score (nSPS) is 16.6. The second-order valence-corrected chi connectivity index (χ2v) is 8.67. The van der Waals surface area contributed by atoms with Gasteiger partial charge in [0.2, 0.25) is 0 Å². The number of piperidine rings is 1. The van der Waals surface area contributed by atoms with Crippen LogP contribution in [0.4, 0.5) is 0 Å². The molecule has 6 heteroatoms. The molecule has 0 saturated carbocycles. The molecule has 0 aliphatic carbocycles. The lowest BCUT2D eigenvalue weighted by Gasteiger charge is -2.37. The predicted octanol–water partition coefficient (Wildman–Crippen LogP) is 4.98. The van der Waals surface area contributed by atoms with Crippen LogP contribution in [0, 0.1) is 12.8 Å². The van der Waals surface area contributed by atoms with Gasteiger partial charge in [-0.15, -0.1) is 0 Å². The molecule has 2 aromatic heterocycles. The molecule has 1 aromatic carbocycles. The average Bonchev–Trinajstić information content (AvgIpc) is 3.22. The van der Waals surface area contributed by atoms with E-state index in [-0.39, 0.29) is 17.4 Å². The van der Waals surface area contributed by atoms with Gasteiger partial charge < -0.3 is 14.1 Å². The van der Waals surface area contributed by atoms with Gasteiger partial charge in [-0.1, -0.05) is 30.7 Å². The van der Waals surface area contributed by atoms with Gasteiger partial charge in [0.05, 0.1) is 24.4 Å². The summed E-state index contributed by atoms with van der Waals surface area (Å²) in [5, 5.41) is 11.5. The van der Waals surface area contributed by atoms with E-state index in [0.29, 0.717) is 34.5 Å². The highest BCUT2D eigenvalue weighted by Gasteiger charge is 2.31. The van der Waals surface area contributed by atoms with Gasteiger partial charge >= 0.3 is 0 Å². The fourth-order valence-corrected chi connectivity index (χ4v) is 4.50. The van der Waals surface area contributed by atoms with Crippen molar-refractivity contribution in [3.63, 3.8) is 0 Å². The Hall–Kier alpha value is -2.50. The highest BCUT2D eigenvalue weighted by molar-refractivity contribution is 6.30. The second kappa shape index (κ2) is 8.70. The summed E-state index contributed by atoms with van der Waals surface area (Å²) in [6, 6.07) is 12.6. The van der Waals surface area contributed by atoms with Crippen molar-refractivity contribution in [2.45, 2.75) is 39.3 Å². The first-order valence-electron chi connectivity index (χ1n) is 10.4. The SMILES string of the molecule is Cc1cc(O)c([C@H](c2cccc(Cl)c2)N2CCC(C)CC2)c(=O)n1Cc1ccco1. The molecule has 1 aliphatic rings. The minimum absolute atomic E-state index is 0.0248. The fraction of sp³-hybridized carbons (Fsp3) is 0.375. The van der Waals surface area contributed by atoms with Crippen molar-refractivity contribution in [1.82, 2.24) is 9.47 Å². The molecule has 4 rings (SSSR count). The van der Waals surface area contributed by atoms with E-state index < -0.39 is 0 Å². The van der Waals surface area contributed by atoms with Crippen molar-refractivity contribution in [1.29, 1.82) is 0 Å². The zero-order valence-electron chi connectivity index (χ0n) is 17.3. The maximum absolute atomic E-state index is 13.6. The zero-order valence-corrected chi connectivity index (χ0v) is 18.1. The number of aryl methyl sites for hydroxylation is 1. The number of aromatic hydroxyl groups is 1. The first kappa shape index (κ1) is 20.8. The summed E-state index contributed by atoms with van der Waals surface area (Å²) in [6.07, 6.45) is 3.72. The minimum Gasteiger partial charge on any atom is -0.507 e. The van der Waals surface area contributed by atoms with E-state index in [4.69, 9.17) is 16.0 Å². The number of hydrogen-bond donors (Lipinski definition) is 1. The Balaban J connectivity index is 1.84. The molecule has 5 nitrogen and oxygen atoms in total. The summed E-state index contributed by atoms with van der Waals surface area (Å²) in [7, 11) is 0. The van der Waals surface area contributed by atoms with Gasteiger partial charge in [-0.25, -0.2) is 0 Å². The lowest BCUT2D eigenvalue weighted by molar-refractivity contribution is 0.154. The van der Waals surface area contributed by atoms with Crippen LogP contribution in [-0.4, -0.2) is 27.7 Å². The Morgan fingerprint density at radius 2 is 1.97 bits per heavy atom. The lowest BCUT2D eigenvalue weighted by Crippen LogP contribution is -2.40. The van der Waals surface area contributed by atoms with Crippen LogP contribution in [0.3, 0.4) is 0 Å². The third-order valence-electron chi connectivity index (χ3n) is 6.04. The number of aromatic nitrogens is 1. The summed E-state index contributed by atoms with van der Waals surface area (Å²) < 4.78 is 7.12. The maximum atomic E-state index is 13.6. The molecule has 0 amide bonds. The first-order chi connectivity index (χ1) is 14.4. The quantitative estimate of drug-likeness (QED) is 0.625. The Labute approximate surface area is 181 Å². The third-order valence-corrected chi connectivity index (χ3v) is 6.27. The number of furan rings is 1. The monoisotopic (exact) mass is 426 g/mol. The Kier molecular flexibility index (Phi) is 6.02. The smallest absolute Gasteiger partial charge is 0.260 e. The number of likely N-dealkylation sites (tertiary alicyclic amines) is 1. The molecule has 0 spiro atoms. The molecule has 30 heavy (non-hydrogen) atoms. The molecule has 1 saturated heterocycles. The highest BCUT2D eigenvalue weighted by atomic mass is 35.5. The fourth-order valence-electron chi connectivity index (χ4n) is 4.30. The number of pyridine rings is 1.